The van der Waals surface area contributed by atoms with Crippen LogP contribution in [0, 0.1) is 5.41 Å². The largest absolute Gasteiger partial charge is 0.396 e. The minimum Gasteiger partial charge on any atom is -0.396 e. The molecular formula is C13H17N3O2. The molecule has 3 N–H and O–H groups in total. The number of fused-ring (bicyclic) bond motifs is 1. The van der Waals surface area contributed by atoms with E-state index < -0.39 is 0 Å². The predicted molar refractivity (Wildman–Crippen MR) is 69.3 cm³/mol. The molecule has 1 aromatic carbocycles. The number of hydrogen-bond acceptors (Lipinski definition) is 3. The van der Waals surface area contributed by atoms with Crippen LogP contribution in [0.1, 0.15) is 24.2 Å². The molecule has 5 heteroatoms. The number of aliphatic hydroxyl groups is 1. The quantitative estimate of drug-likeness (QED) is 0.762. The van der Waals surface area contributed by atoms with Crippen molar-refractivity contribution >= 4 is 16.8 Å². The fourth-order valence-corrected chi connectivity index (χ4v) is 1.64. The van der Waals surface area contributed by atoms with Gasteiger partial charge in [-0.1, -0.05) is 19.9 Å². The fourth-order valence-electron chi connectivity index (χ4n) is 1.64. The average Bonchev–Trinajstić information content (AvgIpc) is 2.84. The molecular weight excluding hydrogens is 230 g/mol. The zero-order chi connectivity index (χ0) is 13.2. The van der Waals surface area contributed by atoms with Gasteiger partial charge < -0.3 is 10.4 Å². The van der Waals surface area contributed by atoms with Crippen LogP contribution >= 0.6 is 0 Å². The zero-order valence-corrected chi connectivity index (χ0v) is 10.5. The van der Waals surface area contributed by atoms with Gasteiger partial charge in [0.25, 0.3) is 5.91 Å². The minimum absolute atomic E-state index is 0.0309. The lowest BCUT2D eigenvalue weighted by Gasteiger charge is -2.21. The molecule has 0 radical (unpaired) electrons. The highest BCUT2D eigenvalue weighted by Crippen LogP contribution is 2.17. The van der Waals surface area contributed by atoms with Crippen LogP contribution in [0.2, 0.25) is 0 Å². The molecule has 0 aliphatic carbocycles. The molecule has 1 amide bonds. The van der Waals surface area contributed by atoms with Crippen molar-refractivity contribution in [1.82, 2.24) is 15.5 Å². The van der Waals surface area contributed by atoms with E-state index in [0.717, 1.165) is 10.9 Å². The lowest BCUT2D eigenvalue weighted by Crippen LogP contribution is -2.36. The number of carbonyl (C=O) groups is 1. The molecule has 0 unspecified atom stereocenters. The molecule has 0 aliphatic heterocycles. The van der Waals surface area contributed by atoms with Crippen LogP contribution in [0.4, 0.5) is 0 Å². The van der Waals surface area contributed by atoms with E-state index in [1.165, 1.54) is 0 Å². The summed E-state index contributed by atoms with van der Waals surface area (Å²) in [6, 6.07) is 5.45. The molecule has 0 fully saturated rings. The summed E-state index contributed by atoms with van der Waals surface area (Å²) in [5.74, 6) is -0.150. The molecule has 1 aromatic heterocycles. The third-order valence-electron chi connectivity index (χ3n) is 2.88. The second-order valence-corrected chi connectivity index (χ2v) is 5.14. The highest BCUT2D eigenvalue weighted by atomic mass is 16.3. The number of nitrogens with zero attached hydrogens (tertiary/aromatic N) is 1. The first-order chi connectivity index (χ1) is 8.53. The van der Waals surface area contributed by atoms with Gasteiger partial charge in [-0.2, -0.15) is 5.10 Å². The molecule has 0 bridgehead atoms. The van der Waals surface area contributed by atoms with Crippen molar-refractivity contribution in [3.05, 3.63) is 30.0 Å². The Labute approximate surface area is 105 Å². The number of H-pyrrole nitrogens is 1. The van der Waals surface area contributed by atoms with Gasteiger partial charge in [-0.05, 0) is 12.1 Å². The van der Waals surface area contributed by atoms with Gasteiger partial charge in [-0.15, -0.1) is 0 Å². The smallest absolute Gasteiger partial charge is 0.252 e. The minimum atomic E-state index is -0.319. The summed E-state index contributed by atoms with van der Waals surface area (Å²) in [6.07, 6.45) is 1.64. The number of aliphatic hydroxyl groups excluding tert-OH is 1. The number of hydrogen-bond donors (Lipinski definition) is 3. The van der Waals surface area contributed by atoms with E-state index in [9.17, 15) is 4.79 Å². The van der Waals surface area contributed by atoms with Crippen LogP contribution in [-0.2, 0) is 0 Å². The fraction of sp³-hybridized carbons (Fsp3) is 0.385. The van der Waals surface area contributed by atoms with Gasteiger partial charge in [0.15, 0.2) is 0 Å². The molecule has 0 atom stereocenters. The molecule has 5 nitrogen and oxygen atoms in total. The van der Waals surface area contributed by atoms with Crippen molar-refractivity contribution in [2.24, 2.45) is 5.41 Å². The first-order valence-corrected chi connectivity index (χ1v) is 5.85. The topological polar surface area (TPSA) is 78.0 Å². The molecule has 96 valence electrons. The maximum absolute atomic E-state index is 12.1. The van der Waals surface area contributed by atoms with E-state index in [1.54, 1.807) is 12.3 Å². The number of aromatic amines is 1. The maximum Gasteiger partial charge on any atom is 0.252 e. The summed E-state index contributed by atoms with van der Waals surface area (Å²) < 4.78 is 0. The van der Waals surface area contributed by atoms with E-state index in [4.69, 9.17) is 5.11 Å². The van der Waals surface area contributed by atoms with Gasteiger partial charge in [0.1, 0.15) is 0 Å². The number of nitrogens with one attached hydrogen (secondary N) is 2. The number of carbonyl (C=O) groups excluding carboxylic acids is 1. The Bertz CT molecular complexity index is 560. The van der Waals surface area contributed by atoms with Gasteiger partial charge >= 0.3 is 0 Å². The molecule has 0 aliphatic rings. The Morgan fingerprint density at radius 2 is 2.28 bits per heavy atom. The van der Waals surface area contributed by atoms with Crippen LogP contribution in [-0.4, -0.2) is 34.4 Å². The Kier molecular flexibility index (Phi) is 3.34. The third-order valence-corrected chi connectivity index (χ3v) is 2.88. The first-order valence-electron chi connectivity index (χ1n) is 5.85. The van der Waals surface area contributed by atoms with Gasteiger partial charge in [0, 0.05) is 24.0 Å². The van der Waals surface area contributed by atoms with Gasteiger partial charge in [-0.25, -0.2) is 0 Å². The van der Waals surface area contributed by atoms with Crippen LogP contribution in [0.25, 0.3) is 10.9 Å². The maximum atomic E-state index is 12.1. The average molecular weight is 247 g/mol. The van der Waals surface area contributed by atoms with E-state index in [-0.39, 0.29) is 17.9 Å². The van der Waals surface area contributed by atoms with Crippen LogP contribution in [0.3, 0.4) is 0 Å². The molecule has 18 heavy (non-hydrogen) atoms. The molecule has 2 aromatic rings. The van der Waals surface area contributed by atoms with Crippen LogP contribution in [0.5, 0.6) is 0 Å². The Morgan fingerprint density at radius 1 is 1.50 bits per heavy atom. The van der Waals surface area contributed by atoms with Gasteiger partial charge in [0.2, 0.25) is 0 Å². The summed E-state index contributed by atoms with van der Waals surface area (Å²) in [6.45, 7) is 4.25. The summed E-state index contributed by atoms with van der Waals surface area (Å²) >= 11 is 0. The van der Waals surface area contributed by atoms with E-state index in [1.807, 2.05) is 26.0 Å². The highest BCUT2D eigenvalue weighted by Gasteiger charge is 2.18. The Balaban J connectivity index is 2.17. The van der Waals surface area contributed by atoms with Crippen molar-refractivity contribution in [2.45, 2.75) is 13.8 Å². The van der Waals surface area contributed by atoms with Gasteiger partial charge in [0.05, 0.1) is 17.3 Å². The highest BCUT2D eigenvalue weighted by molar-refractivity contribution is 6.06. The zero-order valence-electron chi connectivity index (χ0n) is 10.5. The summed E-state index contributed by atoms with van der Waals surface area (Å²) in [5.41, 5.74) is 1.11. The van der Waals surface area contributed by atoms with Gasteiger partial charge in [-0.3, -0.25) is 9.89 Å². The molecule has 0 saturated carbocycles. The Hall–Kier alpha value is -1.88. The van der Waals surface area contributed by atoms with Crippen molar-refractivity contribution in [1.29, 1.82) is 0 Å². The summed E-state index contributed by atoms with van der Waals surface area (Å²) in [5, 5.41) is 19.5. The SMILES string of the molecule is CC(C)(CO)CNC(=O)c1cccc2[nH]ncc12. The lowest BCUT2D eigenvalue weighted by atomic mass is 9.95. The number of benzene rings is 1. The lowest BCUT2D eigenvalue weighted by molar-refractivity contribution is 0.0912. The Morgan fingerprint density at radius 3 is 3.00 bits per heavy atom. The van der Waals surface area contributed by atoms with Crippen LogP contribution in [0.15, 0.2) is 24.4 Å². The monoisotopic (exact) mass is 247 g/mol. The van der Waals surface area contributed by atoms with Crippen molar-refractivity contribution in [3.8, 4) is 0 Å². The molecule has 0 saturated heterocycles. The second-order valence-electron chi connectivity index (χ2n) is 5.14. The summed E-state index contributed by atoms with van der Waals surface area (Å²) in [4.78, 5) is 12.1. The standard InChI is InChI=1S/C13H17N3O2/c1-13(2,8-17)7-14-12(18)9-4-3-5-11-10(9)6-15-16-11/h3-6,17H,7-8H2,1-2H3,(H,14,18)(H,15,16). The van der Waals surface area contributed by atoms with E-state index >= 15 is 0 Å². The normalized spacial score (nSPS) is 11.7. The molecule has 2 rings (SSSR count). The molecule has 0 spiro atoms. The van der Waals surface area contributed by atoms with Crippen LogP contribution < -0.4 is 5.32 Å². The van der Waals surface area contributed by atoms with E-state index in [2.05, 4.69) is 15.5 Å². The second kappa shape index (κ2) is 4.78. The van der Waals surface area contributed by atoms with Crippen molar-refractivity contribution < 1.29 is 9.90 Å². The summed E-state index contributed by atoms with van der Waals surface area (Å²) in [7, 11) is 0. The third kappa shape index (κ3) is 2.51. The van der Waals surface area contributed by atoms with E-state index in [0.29, 0.717) is 12.1 Å². The predicted octanol–water partition coefficient (Wildman–Crippen LogP) is 1.31. The number of amides is 1. The first kappa shape index (κ1) is 12.6. The number of rotatable bonds is 4. The number of aromatic nitrogens is 2. The van der Waals surface area contributed by atoms with Crippen molar-refractivity contribution in [2.75, 3.05) is 13.2 Å². The molecule has 1 heterocycles. The van der Waals surface area contributed by atoms with Crippen molar-refractivity contribution in [3.63, 3.8) is 0 Å².